The molecule has 3 atom stereocenters. The van der Waals surface area contributed by atoms with Gasteiger partial charge in [0.2, 0.25) is 11.8 Å². The van der Waals surface area contributed by atoms with E-state index < -0.39 is 12.1 Å². The van der Waals surface area contributed by atoms with Crippen molar-refractivity contribution in [1.82, 2.24) is 24.9 Å². The molecule has 0 bridgehead atoms. The summed E-state index contributed by atoms with van der Waals surface area (Å²) in [5, 5.41) is 17.6. The van der Waals surface area contributed by atoms with Crippen molar-refractivity contribution in [2.45, 2.75) is 73.2 Å². The van der Waals surface area contributed by atoms with Gasteiger partial charge in [0.15, 0.2) is 0 Å². The molecular weight excluding hydrogens is 482 g/mol. The molecule has 0 aliphatic carbocycles. The standard InChI is InChI=1S/C27H41N5O4.C2H6/c1-7-32-23(10-11-29-32)20-8-9-21(25(14-20)36-13-12-30(5)6)16-28-26(34)24-15-22(33)17-31(24)27(35)19(4)18(2)3;1-2/h8-11,14,18-19,22,24,33H,7,12-13,15-17H2,1-6H3,(H,28,34);1-2H3. The number of likely N-dealkylation sites (N-methyl/N-ethyl adjacent to an activating group) is 1. The number of carbonyl (C=O) groups is 2. The second-order valence-electron chi connectivity index (χ2n) is 10.2. The first kappa shape index (κ1) is 31.3. The van der Waals surface area contributed by atoms with Crippen molar-refractivity contribution in [1.29, 1.82) is 0 Å². The van der Waals surface area contributed by atoms with E-state index >= 15 is 0 Å². The zero-order valence-corrected chi connectivity index (χ0v) is 24.4. The number of aromatic nitrogens is 2. The molecule has 9 nitrogen and oxygen atoms in total. The number of carbonyl (C=O) groups excluding carboxylic acids is 2. The molecule has 1 aliphatic rings. The fraction of sp³-hybridized carbons (Fsp3) is 0.621. The van der Waals surface area contributed by atoms with Crippen LogP contribution >= 0.6 is 0 Å². The van der Waals surface area contributed by atoms with Crippen LogP contribution in [-0.2, 0) is 22.7 Å². The third-order valence-electron chi connectivity index (χ3n) is 6.88. The van der Waals surface area contributed by atoms with Crippen LogP contribution in [0, 0.1) is 11.8 Å². The number of hydrogen-bond donors (Lipinski definition) is 2. The molecule has 0 spiro atoms. The second-order valence-corrected chi connectivity index (χ2v) is 10.2. The van der Waals surface area contributed by atoms with E-state index in [1.807, 2.05) is 89.5 Å². The summed E-state index contributed by atoms with van der Waals surface area (Å²) in [6.07, 6.45) is 1.33. The third kappa shape index (κ3) is 8.04. The van der Waals surface area contributed by atoms with E-state index in [0.29, 0.717) is 12.4 Å². The number of benzene rings is 1. The van der Waals surface area contributed by atoms with Crippen LogP contribution in [0.15, 0.2) is 30.5 Å². The molecular formula is C29H47N5O4. The number of likely N-dealkylation sites (tertiary alicyclic amines) is 1. The van der Waals surface area contributed by atoms with Crippen molar-refractivity contribution in [3.63, 3.8) is 0 Å². The average Bonchev–Trinajstić information content (AvgIpc) is 3.54. The van der Waals surface area contributed by atoms with Crippen LogP contribution in [0.25, 0.3) is 11.3 Å². The number of nitrogens with zero attached hydrogens (tertiary/aromatic N) is 4. The van der Waals surface area contributed by atoms with Gasteiger partial charge in [-0.1, -0.05) is 46.8 Å². The number of aliphatic hydroxyl groups is 1. The van der Waals surface area contributed by atoms with Gasteiger partial charge in [-0.15, -0.1) is 0 Å². The van der Waals surface area contributed by atoms with Gasteiger partial charge < -0.3 is 25.0 Å². The molecule has 2 heterocycles. The van der Waals surface area contributed by atoms with Crippen LogP contribution < -0.4 is 10.1 Å². The summed E-state index contributed by atoms with van der Waals surface area (Å²) in [6.45, 7) is 14.4. The lowest BCUT2D eigenvalue weighted by Gasteiger charge is -2.28. The number of ether oxygens (including phenoxy) is 1. The highest BCUT2D eigenvalue weighted by molar-refractivity contribution is 5.89. The first-order chi connectivity index (χ1) is 18.1. The minimum Gasteiger partial charge on any atom is -0.492 e. The van der Waals surface area contributed by atoms with Crippen molar-refractivity contribution >= 4 is 11.8 Å². The van der Waals surface area contributed by atoms with Gasteiger partial charge in [-0.3, -0.25) is 14.3 Å². The predicted molar refractivity (Wildman–Crippen MR) is 151 cm³/mol. The highest BCUT2D eigenvalue weighted by atomic mass is 16.5. The van der Waals surface area contributed by atoms with E-state index in [1.165, 1.54) is 4.90 Å². The zero-order chi connectivity index (χ0) is 28.4. The van der Waals surface area contributed by atoms with Gasteiger partial charge in [0.05, 0.1) is 11.8 Å². The maximum absolute atomic E-state index is 13.1. The molecule has 1 aliphatic heterocycles. The van der Waals surface area contributed by atoms with Crippen LogP contribution in [-0.4, -0.2) is 82.4 Å². The lowest BCUT2D eigenvalue weighted by molar-refractivity contribution is -0.142. The van der Waals surface area contributed by atoms with E-state index in [9.17, 15) is 14.7 Å². The molecule has 2 amide bonds. The monoisotopic (exact) mass is 529 g/mol. The Balaban J connectivity index is 0.00000247. The number of nitrogens with one attached hydrogen (secondary N) is 1. The lowest BCUT2D eigenvalue weighted by Crippen LogP contribution is -2.48. The topological polar surface area (TPSA) is 99.9 Å². The molecule has 1 fully saturated rings. The predicted octanol–water partition coefficient (Wildman–Crippen LogP) is 3.41. The molecule has 0 radical (unpaired) electrons. The Hall–Kier alpha value is -2.91. The summed E-state index contributed by atoms with van der Waals surface area (Å²) in [7, 11) is 3.98. The highest BCUT2D eigenvalue weighted by Crippen LogP contribution is 2.28. The smallest absolute Gasteiger partial charge is 0.243 e. The largest absolute Gasteiger partial charge is 0.492 e. The van der Waals surface area contributed by atoms with Crippen LogP contribution in [0.1, 0.15) is 53.5 Å². The maximum Gasteiger partial charge on any atom is 0.243 e. The molecule has 9 heteroatoms. The summed E-state index contributed by atoms with van der Waals surface area (Å²) in [6, 6.07) is 7.24. The number of aryl methyl sites for hydroxylation is 1. The van der Waals surface area contributed by atoms with E-state index in [2.05, 4.69) is 10.4 Å². The molecule has 3 rings (SSSR count). The fourth-order valence-corrected chi connectivity index (χ4v) is 4.32. The molecule has 2 N–H and O–H groups in total. The van der Waals surface area contributed by atoms with E-state index in [1.54, 1.807) is 6.20 Å². The van der Waals surface area contributed by atoms with Crippen molar-refractivity contribution in [2.24, 2.45) is 11.8 Å². The Morgan fingerprint density at radius 3 is 2.55 bits per heavy atom. The average molecular weight is 530 g/mol. The van der Waals surface area contributed by atoms with Gasteiger partial charge in [-0.2, -0.15) is 5.10 Å². The SMILES string of the molecule is CC.CCn1nccc1-c1ccc(CNC(=O)C2CC(O)CN2C(=O)C(C)C(C)C)c(OCCN(C)C)c1. The number of aliphatic hydroxyl groups excluding tert-OH is 1. The van der Waals surface area contributed by atoms with Crippen molar-refractivity contribution in [3.05, 3.63) is 36.0 Å². The van der Waals surface area contributed by atoms with Crippen molar-refractivity contribution in [3.8, 4) is 17.0 Å². The van der Waals surface area contributed by atoms with Gasteiger partial charge in [-0.25, -0.2) is 0 Å². The van der Waals surface area contributed by atoms with E-state index in [4.69, 9.17) is 4.74 Å². The summed E-state index contributed by atoms with van der Waals surface area (Å²) >= 11 is 0. The van der Waals surface area contributed by atoms with Crippen molar-refractivity contribution in [2.75, 3.05) is 33.8 Å². The Kier molecular flexibility index (Phi) is 12.3. The molecule has 212 valence electrons. The number of amides is 2. The molecule has 2 aromatic rings. The second kappa shape index (κ2) is 14.9. The molecule has 38 heavy (non-hydrogen) atoms. The zero-order valence-electron chi connectivity index (χ0n) is 24.4. The Labute approximate surface area is 228 Å². The van der Waals surface area contributed by atoms with Crippen LogP contribution in [0.2, 0.25) is 0 Å². The minimum atomic E-state index is -0.698. The Bertz CT molecular complexity index is 1040. The van der Waals surface area contributed by atoms with Gasteiger partial charge in [0.25, 0.3) is 0 Å². The van der Waals surface area contributed by atoms with Gasteiger partial charge in [0.1, 0.15) is 18.4 Å². The number of rotatable bonds is 11. The quantitative estimate of drug-likeness (QED) is 0.463. The fourth-order valence-electron chi connectivity index (χ4n) is 4.32. The summed E-state index contributed by atoms with van der Waals surface area (Å²) in [4.78, 5) is 29.7. The summed E-state index contributed by atoms with van der Waals surface area (Å²) < 4.78 is 8.05. The third-order valence-corrected chi connectivity index (χ3v) is 6.88. The maximum atomic E-state index is 13.1. The summed E-state index contributed by atoms with van der Waals surface area (Å²) in [5.74, 6) is 0.288. The van der Waals surface area contributed by atoms with Gasteiger partial charge in [-0.05, 0) is 39.1 Å². The molecule has 1 aromatic carbocycles. The van der Waals surface area contributed by atoms with Gasteiger partial charge >= 0.3 is 0 Å². The molecule has 1 aromatic heterocycles. The Morgan fingerprint density at radius 2 is 1.92 bits per heavy atom. The molecule has 3 unspecified atom stereocenters. The first-order valence-corrected chi connectivity index (χ1v) is 13.8. The van der Waals surface area contributed by atoms with Crippen LogP contribution in [0.5, 0.6) is 5.75 Å². The number of hydrogen-bond acceptors (Lipinski definition) is 6. The highest BCUT2D eigenvalue weighted by Gasteiger charge is 2.40. The lowest BCUT2D eigenvalue weighted by atomic mass is 9.96. The summed E-state index contributed by atoms with van der Waals surface area (Å²) in [5.41, 5.74) is 2.84. The van der Waals surface area contributed by atoms with E-state index in [0.717, 1.165) is 29.9 Å². The minimum absolute atomic E-state index is 0.0914. The van der Waals surface area contributed by atoms with Crippen LogP contribution in [0.4, 0.5) is 0 Å². The van der Waals surface area contributed by atoms with Gasteiger partial charge in [0, 0.05) is 55.8 Å². The van der Waals surface area contributed by atoms with Crippen molar-refractivity contribution < 1.29 is 19.4 Å². The Morgan fingerprint density at radius 1 is 1.21 bits per heavy atom. The van der Waals surface area contributed by atoms with Crippen LogP contribution in [0.3, 0.4) is 0 Å². The number of β-amino-alcohol motifs (C(OH)–C–C–N with tert-alkyl or cyclic N) is 1. The molecule has 0 saturated carbocycles. The molecule has 1 saturated heterocycles. The normalized spacial score (nSPS) is 17.8. The first-order valence-electron chi connectivity index (χ1n) is 13.8. The van der Waals surface area contributed by atoms with E-state index in [-0.39, 0.29) is 43.2 Å².